The van der Waals surface area contributed by atoms with Crippen molar-refractivity contribution >= 4 is 0 Å². The monoisotopic (exact) mass is 306 g/mol. The number of aryl methyl sites for hydroxylation is 2. The highest BCUT2D eigenvalue weighted by atomic mass is 19.1. The lowest BCUT2D eigenvalue weighted by Gasteiger charge is -2.11. The van der Waals surface area contributed by atoms with Crippen LogP contribution in [0.2, 0.25) is 0 Å². The molecule has 1 nitrogen and oxygen atoms in total. The Morgan fingerprint density at radius 3 is 2.09 bits per heavy atom. The molecule has 0 amide bonds. The molecule has 2 heteroatoms. The minimum absolute atomic E-state index is 0.173. The summed E-state index contributed by atoms with van der Waals surface area (Å²) in [6.45, 7) is 4.36. The second-order valence-corrected chi connectivity index (χ2v) is 5.72. The topological polar surface area (TPSA) is 9.23 Å². The first-order valence-corrected chi connectivity index (χ1v) is 7.67. The Labute approximate surface area is 136 Å². The molecule has 0 aliphatic heterocycles. The molecule has 0 fully saturated rings. The van der Waals surface area contributed by atoms with Crippen LogP contribution in [0.4, 0.5) is 4.39 Å². The van der Waals surface area contributed by atoms with E-state index in [2.05, 4.69) is 6.07 Å². The van der Waals surface area contributed by atoms with Crippen molar-refractivity contribution in [3.05, 3.63) is 89.2 Å². The van der Waals surface area contributed by atoms with E-state index in [9.17, 15) is 4.39 Å². The van der Waals surface area contributed by atoms with Gasteiger partial charge < -0.3 is 4.74 Å². The zero-order valence-electron chi connectivity index (χ0n) is 13.3. The van der Waals surface area contributed by atoms with E-state index in [1.165, 1.54) is 6.07 Å². The molecule has 3 rings (SSSR count). The number of hydrogen-bond donors (Lipinski definition) is 0. The van der Waals surface area contributed by atoms with Gasteiger partial charge in [0, 0.05) is 0 Å². The first-order valence-electron chi connectivity index (χ1n) is 7.67. The summed E-state index contributed by atoms with van der Waals surface area (Å²) in [5.41, 5.74) is 4.95. The fourth-order valence-corrected chi connectivity index (χ4v) is 2.55. The summed E-state index contributed by atoms with van der Waals surface area (Å²) in [5, 5.41) is 0. The fraction of sp³-hybridized carbons (Fsp3) is 0.143. The molecule has 0 N–H and O–H groups in total. The van der Waals surface area contributed by atoms with Crippen LogP contribution in [0.25, 0.3) is 11.1 Å². The largest absolute Gasteiger partial charge is 0.489 e. The van der Waals surface area contributed by atoms with Crippen molar-refractivity contribution < 1.29 is 9.13 Å². The second-order valence-electron chi connectivity index (χ2n) is 5.72. The summed E-state index contributed by atoms with van der Waals surface area (Å²) in [7, 11) is 0. The van der Waals surface area contributed by atoms with Gasteiger partial charge in [-0.1, -0.05) is 42.5 Å². The summed E-state index contributed by atoms with van der Waals surface area (Å²) in [4.78, 5) is 0. The third-order valence-electron chi connectivity index (χ3n) is 3.90. The predicted octanol–water partition coefficient (Wildman–Crippen LogP) is 5.69. The maximum Gasteiger partial charge on any atom is 0.126 e. The zero-order valence-corrected chi connectivity index (χ0v) is 13.3. The van der Waals surface area contributed by atoms with Crippen molar-refractivity contribution in [3.8, 4) is 16.9 Å². The normalized spacial score (nSPS) is 10.6. The molecule has 0 saturated carbocycles. The third-order valence-corrected chi connectivity index (χ3v) is 3.90. The van der Waals surface area contributed by atoms with Gasteiger partial charge >= 0.3 is 0 Å². The van der Waals surface area contributed by atoms with Crippen molar-refractivity contribution in [1.29, 1.82) is 0 Å². The number of ether oxygens (including phenoxy) is 1. The van der Waals surface area contributed by atoms with Crippen LogP contribution in [0, 0.1) is 19.7 Å². The summed E-state index contributed by atoms with van der Waals surface area (Å²) in [5.74, 6) is 0.699. The van der Waals surface area contributed by atoms with Crippen molar-refractivity contribution in [2.24, 2.45) is 0 Å². The van der Waals surface area contributed by atoms with Gasteiger partial charge in [-0.05, 0) is 65.9 Å². The van der Waals surface area contributed by atoms with Gasteiger partial charge in [-0.25, -0.2) is 4.39 Å². The Kier molecular flexibility index (Phi) is 4.42. The summed E-state index contributed by atoms with van der Waals surface area (Å²) >= 11 is 0. The average molecular weight is 306 g/mol. The minimum atomic E-state index is -0.173. The SMILES string of the molecule is Cc1cc(-c2ccc(OCc3ccccc3)c(C)c2)ccc1F. The van der Waals surface area contributed by atoms with E-state index >= 15 is 0 Å². The zero-order chi connectivity index (χ0) is 16.2. The van der Waals surface area contributed by atoms with Gasteiger partial charge in [-0.2, -0.15) is 0 Å². The highest BCUT2D eigenvalue weighted by molar-refractivity contribution is 5.66. The quantitative estimate of drug-likeness (QED) is 0.602. The fourth-order valence-electron chi connectivity index (χ4n) is 2.55. The van der Waals surface area contributed by atoms with Crippen molar-refractivity contribution in [3.63, 3.8) is 0 Å². The van der Waals surface area contributed by atoms with Gasteiger partial charge in [0.25, 0.3) is 0 Å². The molecule has 0 heterocycles. The van der Waals surface area contributed by atoms with Crippen LogP contribution in [-0.4, -0.2) is 0 Å². The Morgan fingerprint density at radius 2 is 1.43 bits per heavy atom. The number of hydrogen-bond acceptors (Lipinski definition) is 1. The number of rotatable bonds is 4. The van der Waals surface area contributed by atoms with Crippen molar-refractivity contribution in [2.75, 3.05) is 0 Å². The maximum absolute atomic E-state index is 13.4. The molecular formula is C21H19FO. The molecule has 0 atom stereocenters. The van der Waals surface area contributed by atoms with Gasteiger partial charge in [0.15, 0.2) is 0 Å². The van der Waals surface area contributed by atoms with Gasteiger partial charge in [0.2, 0.25) is 0 Å². The van der Waals surface area contributed by atoms with Crippen LogP contribution in [0.1, 0.15) is 16.7 Å². The molecule has 0 unspecified atom stereocenters. The smallest absolute Gasteiger partial charge is 0.126 e. The van der Waals surface area contributed by atoms with Crippen LogP contribution in [0.15, 0.2) is 66.7 Å². The van der Waals surface area contributed by atoms with Crippen LogP contribution in [0.3, 0.4) is 0 Å². The molecule has 0 aromatic heterocycles. The van der Waals surface area contributed by atoms with Crippen LogP contribution in [-0.2, 0) is 6.61 Å². The highest BCUT2D eigenvalue weighted by Gasteiger charge is 2.06. The Balaban J connectivity index is 1.79. The third kappa shape index (κ3) is 3.59. The van der Waals surface area contributed by atoms with E-state index < -0.39 is 0 Å². The van der Waals surface area contributed by atoms with E-state index in [-0.39, 0.29) is 5.82 Å². The van der Waals surface area contributed by atoms with E-state index in [0.29, 0.717) is 12.2 Å². The van der Waals surface area contributed by atoms with Gasteiger partial charge in [0.05, 0.1) is 0 Å². The van der Waals surface area contributed by atoms with E-state index in [1.807, 2.05) is 61.5 Å². The molecule has 3 aromatic rings. The first kappa shape index (κ1) is 15.3. The number of halogens is 1. The molecule has 0 bridgehead atoms. The molecule has 0 spiro atoms. The Bertz CT molecular complexity index is 809. The van der Waals surface area contributed by atoms with Gasteiger partial charge in [-0.3, -0.25) is 0 Å². The number of benzene rings is 3. The minimum Gasteiger partial charge on any atom is -0.489 e. The van der Waals surface area contributed by atoms with E-state index in [4.69, 9.17) is 4.74 Å². The van der Waals surface area contributed by atoms with Crippen molar-refractivity contribution in [1.82, 2.24) is 0 Å². The molecule has 116 valence electrons. The van der Waals surface area contributed by atoms with Gasteiger partial charge in [-0.15, -0.1) is 0 Å². The summed E-state index contributed by atoms with van der Waals surface area (Å²) in [6.07, 6.45) is 0. The average Bonchev–Trinajstić information content (AvgIpc) is 2.57. The molecule has 0 aliphatic rings. The van der Waals surface area contributed by atoms with Crippen molar-refractivity contribution in [2.45, 2.75) is 20.5 Å². The highest BCUT2D eigenvalue weighted by Crippen LogP contribution is 2.27. The van der Waals surface area contributed by atoms with E-state index in [1.54, 1.807) is 6.92 Å². The Hall–Kier alpha value is -2.61. The first-order chi connectivity index (χ1) is 11.1. The maximum atomic E-state index is 13.4. The molecule has 3 aromatic carbocycles. The lowest BCUT2D eigenvalue weighted by molar-refractivity contribution is 0.304. The van der Waals surface area contributed by atoms with Crippen LogP contribution in [0.5, 0.6) is 5.75 Å². The summed E-state index contributed by atoms with van der Waals surface area (Å²) in [6, 6.07) is 21.4. The molecule has 0 saturated heterocycles. The van der Waals surface area contributed by atoms with Crippen LogP contribution < -0.4 is 4.74 Å². The lowest BCUT2D eigenvalue weighted by atomic mass is 10.0. The lowest BCUT2D eigenvalue weighted by Crippen LogP contribution is -1.97. The summed E-state index contributed by atoms with van der Waals surface area (Å²) < 4.78 is 19.3. The molecule has 0 radical (unpaired) electrons. The molecule has 23 heavy (non-hydrogen) atoms. The van der Waals surface area contributed by atoms with Crippen LogP contribution >= 0.6 is 0 Å². The van der Waals surface area contributed by atoms with Gasteiger partial charge in [0.1, 0.15) is 18.2 Å². The molecular weight excluding hydrogens is 287 g/mol. The predicted molar refractivity (Wildman–Crippen MR) is 92.1 cm³/mol. The Morgan fingerprint density at radius 1 is 0.783 bits per heavy atom. The van der Waals surface area contributed by atoms with E-state index in [0.717, 1.165) is 28.0 Å². The second kappa shape index (κ2) is 6.66. The molecule has 0 aliphatic carbocycles. The standard InChI is InChI=1S/C21H19FO/c1-15-12-18(8-10-20(15)22)19-9-11-21(16(2)13-19)23-14-17-6-4-3-5-7-17/h3-13H,14H2,1-2H3.